The average molecular weight is 183 g/mol. The van der Waals surface area contributed by atoms with Crippen molar-refractivity contribution in [3.8, 4) is 0 Å². The van der Waals surface area contributed by atoms with E-state index in [1.165, 1.54) is 18.1 Å². The lowest BCUT2D eigenvalue weighted by molar-refractivity contribution is -0.118. The number of aromatic nitrogens is 2. The van der Waals surface area contributed by atoms with Crippen LogP contribution in [-0.2, 0) is 4.79 Å². The number of hydrogen-bond acceptors (Lipinski definition) is 4. The van der Waals surface area contributed by atoms with E-state index in [-0.39, 0.29) is 5.91 Å². The number of amides is 1. The first-order valence-electron chi connectivity index (χ1n) is 3.42. The minimum Gasteiger partial charge on any atom is -0.358 e. The van der Waals surface area contributed by atoms with E-state index in [1.807, 2.05) is 0 Å². The summed E-state index contributed by atoms with van der Waals surface area (Å²) in [5.41, 5.74) is 0. The molecule has 1 heterocycles. The van der Waals surface area contributed by atoms with Crippen molar-refractivity contribution < 1.29 is 4.79 Å². The number of carbonyl (C=O) groups is 1. The first-order valence-corrected chi connectivity index (χ1v) is 4.41. The summed E-state index contributed by atoms with van der Waals surface area (Å²) in [6, 6.07) is 1.77. The van der Waals surface area contributed by atoms with Crippen molar-refractivity contribution in [1.29, 1.82) is 0 Å². The topological polar surface area (TPSA) is 54.9 Å². The molecule has 0 radical (unpaired) electrons. The van der Waals surface area contributed by atoms with Crippen LogP contribution in [-0.4, -0.2) is 28.7 Å². The molecule has 0 saturated carbocycles. The summed E-state index contributed by atoms with van der Waals surface area (Å²) in [5.74, 6) is 0.395. The molecule has 1 N–H and O–H groups in total. The standard InChI is InChI=1S/C7H9N3OS/c1-8-6(11)4-12-7-2-3-9-5-10-7/h2-3,5H,4H2,1H3,(H,8,11). The molecule has 1 aromatic heterocycles. The van der Waals surface area contributed by atoms with Gasteiger partial charge in [0.05, 0.1) is 10.8 Å². The zero-order valence-electron chi connectivity index (χ0n) is 6.65. The molecule has 0 aliphatic carbocycles. The van der Waals surface area contributed by atoms with Crippen LogP contribution >= 0.6 is 11.8 Å². The zero-order chi connectivity index (χ0) is 8.81. The smallest absolute Gasteiger partial charge is 0.230 e. The first kappa shape index (κ1) is 8.99. The zero-order valence-corrected chi connectivity index (χ0v) is 7.47. The highest BCUT2D eigenvalue weighted by molar-refractivity contribution is 7.99. The number of nitrogens with one attached hydrogen (secondary N) is 1. The lowest BCUT2D eigenvalue weighted by Gasteiger charge is -1.97. The number of rotatable bonds is 3. The van der Waals surface area contributed by atoms with Crippen LogP contribution in [0.15, 0.2) is 23.6 Å². The van der Waals surface area contributed by atoms with E-state index in [2.05, 4.69) is 15.3 Å². The second-order valence-corrected chi connectivity index (χ2v) is 3.01. The van der Waals surface area contributed by atoms with Gasteiger partial charge in [-0.15, -0.1) is 0 Å². The van der Waals surface area contributed by atoms with Gasteiger partial charge >= 0.3 is 0 Å². The SMILES string of the molecule is CNC(=O)CSc1ccncn1. The normalized spacial score (nSPS) is 9.42. The first-order chi connectivity index (χ1) is 5.83. The van der Waals surface area contributed by atoms with Gasteiger partial charge in [0, 0.05) is 13.2 Å². The van der Waals surface area contributed by atoms with Crippen molar-refractivity contribution in [3.05, 3.63) is 18.6 Å². The van der Waals surface area contributed by atoms with Gasteiger partial charge in [0.15, 0.2) is 0 Å². The molecular weight excluding hydrogens is 174 g/mol. The van der Waals surface area contributed by atoms with Crippen molar-refractivity contribution in [1.82, 2.24) is 15.3 Å². The Bertz CT molecular complexity index is 252. The molecule has 12 heavy (non-hydrogen) atoms. The molecule has 0 fully saturated rings. The summed E-state index contributed by atoms with van der Waals surface area (Å²) < 4.78 is 0. The third-order valence-corrected chi connectivity index (χ3v) is 2.13. The van der Waals surface area contributed by atoms with Crippen LogP contribution in [0.25, 0.3) is 0 Å². The Morgan fingerprint density at radius 3 is 3.17 bits per heavy atom. The van der Waals surface area contributed by atoms with E-state index in [0.29, 0.717) is 5.75 Å². The fourth-order valence-electron chi connectivity index (χ4n) is 0.576. The summed E-state index contributed by atoms with van der Waals surface area (Å²) in [6.07, 6.45) is 3.12. The van der Waals surface area contributed by atoms with Crippen molar-refractivity contribution in [2.24, 2.45) is 0 Å². The molecule has 0 aromatic carbocycles. The van der Waals surface area contributed by atoms with Gasteiger partial charge < -0.3 is 5.32 Å². The Kier molecular flexibility index (Phi) is 3.53. The van der Waals surface area contributed by atoms with E-state index in [4.69, 9.17) is 0 Å². The summed E-state index contributed by atoms with van der Waals surface area (Å²) in [6.45, 7) is 0. The van der Waals surface area contributed by atoms with Crippen molar-refractivity contribution >= 4 is 17.7 Å². The van der Waals surface area contributed by atoms with Crippen molar-refractivity contribution in [2.45, 2.75) is 5.03 Å². The fraction of sp³-hybridized carbons (Fsp3) is 0.286. The van der Waals surface area contributed by atoms with E-state index in [1.54, 1.807) is 19.3 Å². The molecule has 0 saturated heterocycles. The molecule has 5 heteroatoms. The number of thioether (sulfide) groups is 1. The van der Waals surface area contributed by atoms with Gasteiger partial charge in [0.2, 0.25) is 5.91 Å². The highest BCUT2D eigenvalue weighted by atomic mass is 32.2. The third kappa shape index (κ3) is 2.87. The molecule has 0 bridgehead atoms. The van der Waals surface area contributed by atoms with Crippen LogP contribution in [0.4, 0.5) is 0 Å². The molecule has 0 aliphatic heterocycles. The molecule has 0 atom stereocenters. The number of nitrogens with zero attached hydrogens (tertiary/aromatic N) is 2. The Hall–Kier alpha value is -1.10. The van der Waals surface area contributed by atoms with Crippen LogP contribution in [0.5, 0.6) is 0 Å². The second-order valence-electron chi connectivity index (χ2n) is 2.01. The molecule has 64 valence electrons. The lowest BCUT2D eigenvalue weighted by Crippen LogP contribution is -2.19. The van der Waals surface area contributed by atoms with Crippen LogP contribution in [0.1, 0.15) is 0 Å². The number of hydrogen-bond donors (Lipinski definition) is 1. The summed E-state index contributed by atoms with van der Waals surface area (Å²) in [7, 11) is 1.61. The number of carbonyl (C=O) groups excluding carboxylic acids is 1. The van der Waals surface area contributed by atoms with Gasteiger partial charge in [-0.1, -0.05) is 11.8 Å². The van der Waals surface area contributed by atoms with Crippen LogP contribution in [0.2, 0.25) is 0 Å². The molecule has 0 aliphatic rings. The predicted octanol–water partition coefficient (Wildman–Crippen LogP) is 0.315. The van der Waals surface area contributed by atoms with Gasteiger partial charge in [-0.05, 0) is 6.07 Å². The van der Waals surface area contributed by atoms with Crippen LogP contribution in [0, 0.1) is 0 Å². The Balaban J connectivity index is 2.38. The van der Waals surface area contributed by atoms with Crippen LogP contribution in [0.3, 0.4) is 0 Å². The molecule has 4 nitrogen and oxygen atoms in total. The Labute approximate surface area is 74.8 Å². The largest absolute Gasteiger partial charge is 0.358 e. The fourth-order valence-corrected chi connectivity index (χ4v) is 1.28. The van der Waals surface area contributed by atoms with Gasteiger partial charge in [0.25, 0.3) is 0 Å². The molecular formula is C7H9N3OS. The molecule has 0 spiro atoms. The maximum atomic E-state index is 10.8. The summed E-state index contributed by atoms with van der Waals surface area (Å²) >= 11 is 1.39. The molecule has 1 rings (SSSR count). The van der Waals surface area contributed by atoms with Gasteiger partial charge in [-0.25, -0.2) is 9.97 Å². The van der Waals surface area contributed by atoms with E-state index in [9.17, 15) is 4.79 Å². The van der Waals surface area contributed by atoms with E-state index in [0.717, 1.165) is 5.03 Å². The van der Waals surface area contributed by atoms with Gasteiger partial charge in [-0.3, -0.25) is 4.79 Å². The predicted molar refractivity (Wildman–Crippen MR) is 46.8 cm³/mol. The maximum absolute atomic E-state index is 10.8. The van der Waals surface area contributed by atoms with E-state index < -0.39 is 0 Å². The highest BCUT2D eigenvalue weighted by Gasteiger charge is 1.99. The second kappa shape index (κ2) is 4.71. The Morgan fingerprint density at radius 1 is 1.75 bits per heavy atom. The Morgan fingerprint density at radius 2 is 2.58 bits per heavy atom. The summed E-state index contributed by atoms with van der Waals surface area (Å²) in [4.78, 5) is 18.5. The lowest BCUT2D eigenvalue weighted by atomic mass is 10.7. The summed E-state index contributed by atoms with van der Waals surface area (Å²) in [5, 5.41) is 3.35. The molecule has 0 unspecified atom stereocenters. The highest BCUT2D eigenvalue weighted by Crippen LogP contribution is 2.11. The van der Waals surface area contributed by atoms with Crippen molar-refractivity contribution in [2.75, 3.05) is 12.8 Å². The average Bonchev–Trinajstić information content (AvgIpc) is 2.16. The molecule has 1 amide bonds. The maximum Gasteiger partial charge on any atom is 0.230 e. The quantitative estimate of drug-likeness (QED) is 0.541. The van der Waals surface area contributed by atoms with E-state index >= 15 is 0 Å². The minimum atomic E-state index is -0.00128. The van der Waals surface area contributed by atoms with Gasteiger partial charge in [-0.2, -0.15) is 0 Å². The van der Waals surface area contributed by atoms with Gasteiger partial charge in [0.1, 0.15) is 6.33 Å². The monoisotopic (exact) mass is 183 g/mol. The molecule has 1 aromatic rings. The van der Waals surface area contributed by atoms with Crippen LogP contribution < -0.4 is 5.32 Å². The van der Waals surface area contributed by atoms with Crippen molar-refractivity contribution in [3.63, 3.8) is 0 Å². The minimum absolute atomic E-state index is 0.00128. The third-order valence-electron chi connectivity index (χ3n) is 1.18.